The summed E-state index contributed by atoms with van der Waals surface area (Å²) in [6.45, 7) is 14.5. The van der Waals surface area contributed by atoms with Crippen LogP contribution in [0.5, 0.6) is 0 Å². The third-order valence-electron chi connectivity index (χ3n) is 8.76. The normalized spacial score (nSPS) is 20.8. The van der Waals surface area contributed by atoms with Crippen LogP contribution in [0.1, 0.15) is 31.1 Å². The van der Waals surface area contributed by atoms with Gasteiger partial charge in [-0.05, 0) is 68.9 Å². The molecule has 46 heavy (non-hydrogen) atoms. The van der Waals surface area contributed by atoms with Gasteiger partial charge >= 0.3 is 6.03 Å². The third-order valence-corrected chi connectivity index (χ3v) is 8.76. The Labute approximate surface area is 269 Å². The third kappa shape index (κ3) is 7.38. The molecular formula is C33H43N9O4. The number of aromatic nitrogens is 3. The minimum absolute atomic E-state index is 0.0168. The molecule has 3 saturated heterocycles. The van der Waals surface area contributed by atoms with Crippen molar-refractivity contribution in [2.24, 2.45) is 0 Å². The second kappa shape index (κ2) is 14.4. The highest BCUT2D eigenvalue weighted by Gasteiger charge is 2.27. The number of urea groups is 1. The van der Waals surface area contributed by atoms with E-state index in [1.54, 1.807) is 24.3 Å². The van der Waals surface area contributed by atoms with Gasteiger partial charge in [0.15, 0.2) is 5.82 Å². The van der Waals surface area contributed by atoms with Gasteiger partial charge in [-0.15, -0.1) is 0 Å². The molecule has 3 fully saturated rings. The number of amides is 3. The molecule has 0 saturated carbocycles. The molecular weight excluding hydrogens is 586 g/mol. The van der Waals surface area contributed by atoms with Crippen molar-refractivity contribution in [2.45, 2.75) is 32.9 Å². The Hall–Kier alpha value is -4.33. The maximum absolute atomic E-state index is 12.9. The van der Waals surface area contributed by atoms with Crippen LogP contribution < -0.4 is 20.4 Å². The average Bonchev–Trinajstić information content (AvgIpc) is 3.09. The SMILES string of the molecule is CCN1CCN(C(=O)c2ccc(NC(=O)Nc3ccc(-c4nc(N5CCOC[C@@H]5C)nc(N5CCOC[C@@H]5C)n4)cc3)cc2)CC1. The summed E-state index contributed by atoms with van der Waals surface area (Å²) in [7, 11) is 0. The summed E-state index contributed by atoms with van der Waals surface area (Å²) in [5.41, 5.74) is 2.65. The predicted molar refractivity (Wildman–Crippen MR) is 178 cm³/mol. The van der Waals surface area contributed by atoms with Crippen molar-refractivity contribution >= 4 is 35.2 Å². The zero-order valence-corrected chi connectivity index (χ0v) is 26.8. The zero-order chi connectivity index (χ0) is 32.0. The molecule has 13 nitrogen and oxygen atoms in total. The number of carbonyl (C=O) groups is 2. The Balaban J connectivity index is 1.11. The van der Waals surface area contributed by atoms with E-state index >= 15 is 0 Å². The van der Waals surface area contributed by atoms with Gasteiger partial charge in [0.05, 0.1) is 38.5 Å². The molecule has 4 heterocycles. The predicted octanol–water partition coefficient (Wildman–Crippen LogP) is 3.41. The molecule has 3 aliphatic rings. The van der Waals surface area contributed by atoms with E-state index in [-0.39, 0.29) is 24.0 Å². The zero-order valence-electron chi connectivity index (χ0n) is 26.8. The van der Waals surface area contributed by atoms with Gasteiger partial charge in [-0.1, -0.05) is 6.92 Å². The number of anilines is 4. The Morgan fingerprint density at radius 2 is 1.26 bits per heavy atom. The van der Waals surface area contributed by atoms with Gasteiger partial charge in [0.1, 0.15) is 0 Å². The lowest BCUT2D eigenvalue weighted by atomic mass is 10.1. The van der Waals surface area contributed by atoms with Gasteiger partial charge in [-0.2, -0.15) is 15.0 Å². The van der Waals surface area contributed by atoms with Gasteiger partial charge in [-0.25, -0.2) is 4.79 Å². The van der Waals surface area contributed by atoms with Crippen LogP contribution in [0.15, 0.2) is 48.5 Å². The molecule has 0 bridgehead atoms. The number of ether oxygens (including phenoxy) is 2. The fraction of sp³-hybridized carbons (Fsp3) is 0.485. The summed E-state index contributed by atoms with van der Waals surface area (Å²) < 4.78 is 11.3. The van der Waals surface area contributed by atoms with Gasteiger partial charge < -0.3 is 39.7 Å². The molecule has 0 radical (unpaired) electrons. The van der Waals surface area contributed by atoms with Crippen molar-refractivity contribution in [1.29, 1.82) is 0 Å². The van der Waals surface area contributed by atoms with E-state index in [1.807, 2.05) is 29.2 Å². The number of rotatable bonds is 7. The van der Waals surface area contributed by atoms with Crippen molar-refractivity contribution < 1.29 is 19.1 Å². The van der Waals surface area contributed by atoms with Crippen LogP contribution in [0.25, 0.3) is 11.4 Å². The summed E-state index contributed by atoms with van der Waals surface area (Å²) in [6, 6.07) is 14.4. The lowest BCUT2D eigenvalue weighted by Gasteiger charge is -2.36. The minimum atomic E-state index is -0.380. The van der Waals surface area contributed by atoms with E-state index in [9.17, 15) is 9.59 Å². The molecule has 0 unspecified atom stereocenters. The van der Waals surface area contributed by atoms with Crippen molar-refractivity contribution in [1.82, 2.24) is 24.8 Å². The lowest BCUT2D eigenvalue weighted by Crippen LogP contribution is -2.48. The van der Waals surface area contributed by atoms with Crippen molar-refractivity contribution in [3.63, 3.8) is 0 Å². The minimum Gasteiger partial charge on any atom is -0.377 e. The largest absolute Gasteiger partial charge is 0.377 e. The monoisotopic (exact) mass is 629 g/mol. The number of carbonyl (C=O) groups excluding carboxylic acids is 2. The lowest BCUT2D eigenvalue weighted by molar-refractivity contribution is 0.0643. The first-order valence-corrected chi connectivity index (χ1v) is 16.1. The first-order chi connectivity index (χ1) is 22.4. The number of nitrogens with zero attached hydrogens (tertiary/aromatic N) is 7. The first kappa shape index (κ1) is 31.6. The second-order valence-corrected chi connectivity index (χ2v) is 12.0. The number of hydrogen-bond donors (Lipinski definition) is 2. The molecule has 2 aromatic carbocycles. The summed E-state index contributed by atoms with van der Waals surface area (Å²) in [6.07, 6.45) is 0. The van der Waals surface area contributed by atoms with Crippen molar-refractivity contribution in [3.8, 4) is 11.4 Å². The van der Waals surface area contributed by atoms with Crippen molar-refractivity contribution in [3.05, 3.63) is 54.1 Å². The van der Waals surface area contributed by atoms with Gasteiger partial charge in [-0.3, -0.25) is 4.79 Å². The molecule has 3 aromatic rings. The number of nitrogens with one attached hydrogen (secondary N) is 2. The van der Waals surface area contributed by atoms with Gasteiger partial charge in [0.25, 0.3) is 5.91 Å². The highest BCUT2D eigenvalue weighted by Crippen LogP contribution is 2.26. The van der Waals surface area contributed by atoms with E-state index in [0.717, 1.165) is 38.3 Å². The van der Waals surface area contributed by atoms with E-state index in [2.05, 4.69) is 46.1 Å². The van der Waals surface area contributed by atoms with Crippen LogP contribution >= 0.6 is 0 Å². The number of morpholine rings is 2. The average molecular weight is 630 g/mol. The second-order valence-electron chi connectivity index (χ2n) is 12.0. The summed E-state index contributed by atoms with van der Waals surface area (Å²) in [5, 5.41) is 5.72. The fourth-order valence-corrected chi connectivity index (χ4v) is 5.93. The Morgan fingerprint density at radius 1 is 0.739 bits per heavy atom. The van der Waals surface area contributed by atoms with Crippen LogP contribution in [0.2, 0.25) is 0 Å². The maximum atomic E-state index is 12.9. The Bertz CT molecular complexity index is 1460. The molecule has 6 rings (SSSR count). The maximum Gasteiger partial charge on any atom is 0.323 e. The first-order valence-electron chi connectivity index (χ1n) is 16.1. The van der Waals surface area contributed by atoms with Crippen molar-refractivity contribution in [2.75, 3.05) is 92.7 Å². The van der Waals surface area contributed by atoms with Crippen LogP contribution in [-0.2, 0) is 9.47 Å². The van der Waals surface area contributed by atoms with Gasteiger partial charge in [0.2, 0.25) is 11.9 Å². The highest BCUT2D eigenvalue weighted by molar-refractivity contribution is 6.00. The fourth-order valence-electron chi connectivity index (χ4n) is 5.93. The van der Waals surface area contributed by atoms with Crippen LogP contribution in [0.4, 0.5) is 28.1 Å². The summed E-state index contributed by atoms with van der Waals surface area (Å²) in [4.78, 5) is 48.9. The van der Waals surface area contributed by atoms with E-state index in [0.29, 0.717) is 74.2 Å². The molecule has 1 aromatic heterocycles. The van der Waals surface area contributed by atoms with E-state index in [4.69, 9.17) is 24.4 Å². The van der Waals surface area contributed by atoms with Crippen LogP contribution in [-0.4, -0.2) is 121 Å². The topological polar surface area (TPSA) is 128 Å². The molecule has 3 aliphatic heterocycles. The quantitative estimate of drug-likeness (QED) is 0.401. The van der Waals surface area contributed by atoms with Gasteiger partial charge in [0, 0.05) is 61.8 Å². The number of benzene rings is 2. The van der Waals surface area contributed by atoms with E-state index < -0.39 is 0 Å². The highest BCUT2D eigenvalue weighted by atomic mass is 16.5. The molecule has 0 spiro atoms. The molecule has 3 amide bonds. The number of piperazine rings is 1. The van der Waals surface area contributed by atoms with Crippen LogP contribution in [0, 0.1) is 0 Å². The molecule has 2 atom stereocenters. The molecule has 0 aliphatic carbocycles. The smallest absolute Gasteiger partial charge is 0.323 e. The standard InChI is InChI=1S/C33H43N9O4/c1-4-39-13-15-40(16-14-39)30(43)26-7-11-28(12-8-26)35-33(44)34-27-9-5-25(6-10-27)29-36-31(41-17-19-45-21-23(41)2)38-32(37-29)42-18-20-46-22-24(42)3/h5-12,23-24H,4,13-22H2,1-3H3,(H2,34,35,44)/t23-,24-/m0/s1. The van der Waals surface area contributed by atoms with Crippen LogP contribution in [0.3, 0.4) is 0 Å². The Kier molecular flexibility index (Phi) is 9.91. The number of likely N-dealkylation sites (N-methyl/N-ethyl adjacent to an activating group) is 1. The Morgan fingerprint density at radius 3 is 1.76 bits per heavy atom. The van der Waals surface area contributed by atoms with E-state index in [1.165, 1.54) is 0 Å². The molecule has 2 N–H and O–H groups in total. The summed E-state index contributed by atoms with van der Waals surface area (Å²) >= 11 is 0. The number of hydrogen-bond acceptors (Lipinski definition) is 10. The molecule has 13 heteroatoms. The molecule has 244 valence electrons. The summed E-state index contributed by atoms with van der Waals surface area (Å²) in [5.74, 6) is 1.84.